The van der Waals surface area contributed by atoms with Crippen molar-refractivity contribution in [3.05, 3.63) is 115 Å². The van der Waals surface area contributed by atoms with Crippen molar-refractivity contribution < 1.29 is 13.6 Å². The third kappa shape index (κ3) is 4.87. The lowest BCUT2D eigenvalue weighted by molar-refractivity contribution is 0.393. The molecule has 29 heavy (non-hydrogen) atoms. The summed E-state index contributed by atoms with van der Waals surface area (Å²) in [6, 6.07) is 35.5. The van der Waals surface area contributed by atoms with Crippen LogP contribution in [-0.4, -0.2) is 0 Å². The molecular weight excluding hydrogens is 381 g/mol. The highest BCUT2D eigenvalue weighted by Gasteiger charge is 2.30. The number of para-hydroxylation sites is 3. The van der Waals surface area contributed by atoms with Gasteiger partial charge >= 0.3 is 7.75 Å². The molecule has 4 rings (SSSR count). The summed E-state index contributed by atoms with van der Waals surface area (Å²) in [5.41, 5.74) is 2.57. The zero-order valence-corrected chi connectivity index (χ0v) is 16.5. The molecule has 5 heteroatoms. The van der Waals surface area contributed by atoms with Gasteiger partial charge in [0.2, 0.25) is 0 Å². The van der Waals surface area contributed by atoms with Crippen molar-refractivity contribution in [2.45, 2.75) is 0 Å². The first-order valence-electron chi connectivity index (χ1n) is 9.24. The SMILES string of the molecule is O=P(Nc1ccccc1-c1ccccc1)(Oc1ccccc1)Oc1ccccc1. The van der Waals surface area contributed by atoms with Gasteiger partial charge in [-0.15, -0.1) is 0 Å². The second kappa shape index (κ2) is 8.68. The van der Waals surface area contributed by atoms with E-state index in [4.69, 9.17) is 9.05 Å². The quantitative estimate of drug-likeness (QED) is 0.338. The van der Waals surface area contributed by atoms with Gasteiger partial charge in [0, 0.05) is 5.56 Å². The average Bonchev–Trinajstić information content (AvgIpc) is 2.76. The summed E-state index contributed by atoms with van der Waals surface area (Å²) in [7, 11) is -3.78. The third-order valence-electron chi connectivity index (χ3n) is 4.21. The molecule has 0 fully saturated rings. The van der Waals surface area contributed by atoms with E-state index in [1.165, 1.54) is 0 Å². The molecule has 4 aromatic carbocycles. The molecule has 0 saturated heterocycles. The third-order valence-corrected chi connectivity index (χ3v) is 5.62. The Morgan fingerprint density at radius 1 is 0.552 bits per heavy atom. The van der Waals surface area contributed by atoms with Gasteiger partial charge in [0.15, 0.2) is 0 Å². The van der Waals surface area contributed by atoms with E-state index >= 15 is 0 Å². The molecule has 0 amide bonds. The van der Waals surface area contributed by atoms with Gasteiger partial charge in [-0.05, 0) is 35.9 Å². The molecule has 144 valence electrons. The second-order valence-electron chi connectivity index (χ2n) is 6.33. The van der Waals surface area contributed by atoms with Crippen molar-refractivity contribution in [1.29, 1.82) is 0 Å². The summed E-state index contributed by atoms with van der Waals surface area (Å²) in [6.07, 6.45) is 0. The van der Waals surface area contributed by atoms with Gasteiger partial charge in [-0.2, -0.15) is 0 Å². The zero-order valence-electron chi connectivity index (χ0n) is 15.6. The Hall–Kier alpha value is -3.49. The van der Waals surface area contributed by atoms with Crippen LogP contribution in [0.15, 0.2) is 115 Å². The van der Waals surface area contributed by atoms with E-state index in [9.17, 15) is 4.57 Å². The van der Waals surface area contributed by atoms with Gasteiger partial charge in [0.05, 0.1) is 5.69 Å². The molecule has 0 saturated carbocycles. The predicted molar refractivity (Wildman–Crippen MR) is 117 cm³/mol. The minimum Gasteiger partial charge on any atom is -0.400 e. The molecular formula is C24H20NO3P. The predicted octanol–water partition coefficient (Wildman–Crippen LogP) is 7.03. The molecule has 0 bridgehead atoms. The number of rotatable bonds is 7. The van der Waals surface area contributed by atoms with Crippen LogP contribution in [0.5, 0.6) is 11.5 Å². The van der Waals surface area contributed by atoms with Crippen molar-refractivity contribution in [3.63, 3.8) is 0 Å². The van der Waals surface area contributed by atoms with Crippen LogP contribution < -0.4 is 14.1 Å². The van der Waals surface area contributed by atoms with Crippen LogP contribution in [-0.2, 0) is 4.57 Å². The maximum absolute atomic E-state index is 13.7. The summed E-state index contributed by atoms with van der Waals surface area (Å²) < 4.78 is 25.4. The van der Waals surface area contributed by atoms with E-state index in [1.54, 1.807) is 24.3 Å². The minimum atomic E-state index is -3.78. The van der Waals surface area contributed by atoms with Crippen LogP contribution in [0.25, 0.3) is 11.1 Å². The van der Waals surface area contributed by atoms with Gasteiger partial charge in [0.25, 0.3) is 0 Å². The summed E-state index contributed by atoms with van der Waals surface area (Å²) in [5.74, 6) is 0.910. The molecule has 0 atom stereocenters. The molecule has 0 unspecified atom stereocenters. The van der Waals surface area contributed by atoms with Crippen molar-refractivity contribution in [1.82, 2.24) is 0 Å². The molecule has 0 aliphatic rings. The van der Waals surface area contributed by atoms with Crippen LogP contribution in [0, 0.1) is 0 Å². The molecule has 0 aliphatic heterocycles. The monoisotopic (exact) mass is 401 g/mol. The van der Waals surface area contributed by atoms with Gasteiger partial charge in [-0.1, -0.05) is 84.9 Å². The Labute approximate surface area is 170 Å². The molecule has 0 heterocycles. The smallest absolute Gasteiger partial charge is 0.400 e. The average molecular weight is 401 g/mol. The lowest BCUT2D eigenvalue weighted by Gasteiger charge is -2.22. The van der Waals surface area contributed by atoms with Crippen LogP contribution in [0.1, 0.15) is 0 Å². The normalized spacial score (nSPS) is 10.9. The maximum Gasteiger partial charge on any atom is 0.541 e. The summed E-state index contributed by atoms with van der Waals surface area (Å²) >= 11 is 0. The highest BCUT2D eigenvalue weighted by molar-refractivity contribution is 7.56. The minimum absolute atomic E-state index is 0.455. The van der Waals surface area contributed by atoms with Crippen molar-refractivity contribution >= 4 is 13.4 Å². The molecule has 4 nitrogen and oxygen atoms in total. The van der Waals surface area contributed by atoms with E-state index < -0.39 is 7.75 Å². The molecule has 0 radical (unpaired) electrons. The van der Waals surface area contributed by atoms with Crippen LogP contribution >= 0.6 is 7.75 Å². The van der Waals surface area contributed by atoms with E-state index in [2.05, 4.69) is 5.09 Å². The van der Waals surface area contributed by atoms with Crippen LogP contribution in [0.2, 0.25) is 0 Å². The van der Waals surface area contributed by atoms with Crippen molar-refractivity contribution in [3.8, 4) is 22.6 Å². The molecule has 4 aromatic rings. The number of anilines is 1. The van der Waals surface area contributed by atoms with Crippen LogP contribution in [0.3, 0.4) is 0 Å². The Bertz CT molecular complexity index is 1060. The Morgan fingerprint density at radius 2 is 1.00 bits per heavy atom. The van der Waals surface area contributed by atoms with E-state index in [-0.39, 0.29) is 0 Å². The first-order chi connectivity index (χ1) is 14.2. The maximum atomic E-state index is 13.7. The Kier molecular flexibility index (Phi) is 5.64. The topological polar surface area (TPSA) is 47.6 Å². The fourth-order valence-corrected chi connectivity index (χ4v) is 4.32. The highest BCUT2D eigenvalue weighted by Crippen LogP contribution is 2.49. The first kappa shape index (κ1) is 18.9. The number of benzene rings is 4. The molecule has 0 aliphatic carbocycles. The Balaban J connectivity index is 1.70. The number of hydrogen-bond acceptors (Lipinski definition) is 3. The van der Waals surface area contributed by atoms with Gasteiger partial charge in [0.1, 0.15) is 11.5 Å². The fourth-order valence-electron chi connectivity index (χ4n) is 2.90. The zero-order chi connectivity index (χ0) is 19.9. The lowest BCUT2D eigenvalue weighted by Crippen LogP contribution is -2.10. The van der Waals surface area contributed by atoms with Crippen LogP contribution in [0.4, 0.5) is 5.69 Å². The highest BCUT2D eigenvalue weighted by atomic mass is 31.2. The van der Waals surface area contributed by atoms with Gasteiger partial charge in [-0.3, -0.25) is 5.09 Å². The number of hydrogen-bond donors (Lipinski definition) is 1. The number of nitrogens with one attached hydrogen (secondary N) is 1. The summed E-state index contributed by atoms with van der Waals surface area (Å²) in [4.78, 5) is 0. The second-order valence-corrected chi connectivity index (χ2v) is 7.91. The molecule has 0 aromatic heterocycles. The largest absolute Gasteiger partial charge is 0.541 e. The van der Waals surface area contributed by atoms with E-state index in [0.717, 1.165) is 11.1 Å². The van der Waals surface area contributed by atoms with E-state index in [0.29, 0.717) is 17.2 Å². The molecule has 0 spiro atoms. The fraction of sp³-hybridized carbons (Fsp3) is 0. The first-order valence-corrected chi connectivity index (χ1v) is 10.8. The summed E-state index contributed by atoms with van der Waals surface area (Å²) in [5, 5.41) is 3.03. The van der Waals surface area contributed by atoms with Gasteiger partial charge in [-0.25, -0.2) is 4.57 Å². The molecule has 1 N–H and O–H groups in total. The van der Waals surface area contributed by atoms with E-state index in [1.807, 2.05) is 91.0 Å². The Morgan fingerprint density at radius 3 is 1.55 bits per heavy atom. The standard InChI is InChI=1S/C24H20NO3P/c26-29(27-21-14-6-2-7-15-21,28-22-16-8-3-9-17-22)25-24-19-11-10-18-23(24)20-12-4-1-5-13-20/h1-19H,(H,25,26). The van der Waals surface area contributed by atoms with Gasteiger partial charge < -0.3 is 9.05 Å². The lowest BCUT2D eigenvalue weighted by atomic mass is 10.0. The summed E-state index contributed by atoms with van der Waals surface area (Å²) in [6.45, 7) is 0. The van der Waals surface area contributed by atoms with Crippen molar-refractivity contribution in [2.24, 2.45) is 0 Å². The van der Waals surface area contributed by atoms with Crippen molar-refractivity contribution in [2.75, 3.05) is 5.09 Å².